The Morgan fingerprint density at radius 2 is 2.06 bits per heavy atom. The molecule has 0 saturated carbocycles. The van der Waals surface area contributed by atoms with Crippen LogP contribution in [-0.4, -0.2) is 18.6 Å². The van der Waals surface area contributed by atoms with Gasteiger partial charge in [0.2, 0.25) is 0 Å². The summed E-state index contributed by atoms with van der Waals surface area (Å²) in [6.07, 6.45) is 2.17. The second kappa shape index (κ2) is 6.97. The van der Waals surface area contributed by atoms with E-state index in [9.17, 15) is 0 Å². The van der Waals surface area contributed by atoms with E-state index in [4.69, 9.17) is 0 Å². The summed E-state index contributed by atoms with van der Waals surface area (Å²) in [5.74, 6) is 1.99. The molecule has 0 saturated heterocycles. The minimum Gasteiger partial charge on any atom is -0.312 e. The zero-order valence-electron chi connectivity index (χ0n) is 10.8. The van der Waals surface area contributed by atoms with Crippen molar-refractivity contribution in [3.05, 3.63) is 34.9 Å². The van der Waals surface area contributed by atoms with E-state index in [0.717, 1.165) is 19.0 Å². The average Bonchev–Trinajstić information content (AvgIpc) is 2.22. The molecule has 0 amide bonds. The second-order valence-corrected chi connectivity index (χ2v) is 5.53. The van der Waals surface area contributed by atoms with E-state index in [1.807, 2.05) is 11.8 Å². The number of aryl methyl sites for hydroxylation is 2. The second-order valence-electron chi connectivity index (χ2n) is 4.62. The van der Waals surface area contributed by atoms with Gasteiger partial charge in [-0.1, -0.05) is 30.7 Å². The molecule has 0 heterocycles. The molecular weight excluding hydrogens is 214 g/mol. The van der Waals surface area contributed by atoms with Gasteiger partial charge in [0, 0.05) is 6.54 Å². The van der Waals surface area contributed by atoms with Gasteiger partial charge in [0.25, 0.3) is 0 Å². The van der Waals surface area contributed by atoms with Crippen LogP contribution in [0.5, 0.6) is 0 Å². The fraction of sp³-hybridized carbons (Fsp3) is 0.571. The smallest absolute Gasteiger partial charge is 0.0208 e. The Labute approximate surface area is 104 Å². The van der Waals surface area contributed by atoms with Gasteiger partial charge in [-0.05, 0) is 49.4 Å². The lowest BCUT2D eigenvalue weighted by Gasteiger charge is -2.12. The minimum absolute atomic E-state index is 0.751. The highest BCUT2D eigenvalue weighted by Crippen LogP contribution is 2.10. The predicted molar refractivity (Wildman–Crippen MR) is 75.2 cm³/mol. The molecule has 0 bridgehead atoms. The van der Waals surface area contributed by atoms with Crippen LogP contribution in [0.4, 0.5) is 0 Å². The van der Waals surface area contributed by atoms with Crippen LogP contribution >= 0.6 is 11.8 Å². The van der Waals surface area contributed by atoms with Crippen molar-refractivity contribution in [2.75, 3.05) is 18.6 Å². The van der Waals surface area contributed by atoms with Crippen LogP contribution in [0, 0.1) is 19.8 Å². The summed E-state index contributed by atoms with van der Waals surface area (Å²) in [5, 5.41) is 3.53. The summed E-state index contributed by atoms with van der Waals surface area (Å²) in [7, 11) is 0. The van der Waals surface area contributed by atoms with Crippen LogP contribution in [0.1, 0.15) is 23.6 Å². The molecular formula is C14H23NS. The highest BCUT2D eigenvalue weighted by Gasteiger charge is 2.02. The number of hydrogen-bond acceptors (Lipinski definition) is 2. The standard InChI is InChI=1S/C14H23NS/c1-11-5-6-14(13(3)7-11)9-15-8-12(2)10-16-4/h5-7,12,15H,8-10H2,1-4H3. The molecule has 0 aliphatic heterocycles. The molecule has 1 aromatic carbocycles. The van der Waals surface area contributed by atoms with Crippen molar-refractivity contribution in [3.63, 3.8) is 0 Å². The molecule has 2 heteroatoms. The molecule has 1 rings (SSSR count). The Balaban J connectivity index is 2.37. The number of hydrogen-bond donors (Lipinski definition) is 1. The molecule has 0 aromatic heterocycles. The van der Waals surface area contributed by atoms with Gasteiger partial charge in [-0.2, -0.15) is 11.8 Å². The predicted octanol–water partition coefficient (Wildman–Crippen LogP) is 3.39. The largest absolute Gasteiger partial charge is 0.312 e. The average molecular weight is 237 g/mol. The molecule has 0 fully saturated rings. The van der Waals surface area contributed by atoms with E-state index in [0.29, 0.717) is 0 Å². The molecule has 90 valence electrons. The molecule has 1 atom stereocenters. The van der Waals surface area contributed by atoms with Gasteiger partial charge >= 0.3 is 0 Å². The number of nitrogens with one attached hydrogen (secondary N) is 1. The topological polar surface area (TPSA) is 12.0 Å². The van der Waals surface area contributed by atoms with Gasteiger partial charge in [0.05, 0.1) is 0 Å². The van der Waals surface area contributed by atoms with Gasteiger partial charge in [0.1, 0.15) is 0 Å². The Kier molecular flexibility index (Phi) is 5.93. The van der Waals surface area contributed by atoms with E-state index < -0.39 is 0 Å². The highest BCUT2D eigenvalue weighted by atomic mass is 32.2. The molecule has 0 spiro atoms. The molecule has 0 radical (unpaired) electrons. The zero-order chi connectivity index (χ0) is 12.0. The lowest BCUT2D eigenvalue weighted by molar-refractivity contribution is 0.558. The minimum atomic E-state index is 0.751. The lowest BCUT2D eigenvalue weighted by Crippen LogP contribution is -2.22. The Morgan fingerprint density at radius 3 is 2.69 bits per heavy atom. The van der Waals surface area contributed by atoms with Crippen LogP contribution in [-0.2, 0) is 6.54 Å². The van der Waals surface area contributed by atoms with E-state index >= 15 is 0 Å². The van der Waals surface area contributed by atoms with Crippen molar-refractivity contribution < 1.29 is 0 Å². The van der Waals surface area contributed by atoms with Crippen LogP contribution in [0.25, 0.3) is 0 Å². The maximum atomic E-state index is 3.53. The molecule has 1 nitrogen and oxygen atoms in total. The van der Waals surface area contributed by atoms with Gasteiger partial charge in [-0.3, -0.25) is 0 Å². The van der Waals surface area contributed by atoms with Crippen LogP contribution in [0.15, 0.2) is 18.2 Å². The number of rotatable bonds is 6. The fourth-order valence-corrected chi connectivity index (χ4v) is 2.53. The van der Waals surface area contributed by atoms with Crippen molar-refractivity contribution >= 4 is 11.8 Å². The summed E-state index contributed by atoms with van der Waals surface area (Å²) < 4.78 is 0. The van der Waals surface area contributed by atoms with E-state index in [1.165, 1.54) is 22.4 Å². The summed E-state index contributed by atoms with van der Waals surface area (Å²) in [5.41, 5.74) is 4.16. The molecule has 0 aliphatic carbocycles. The van der Waals surface area contributed by atoms with Gasteiger partial charge < -0.3 is 5.32 Å². The quantitative estimate of drug-likeness (QED) is 0.814. The SMILES string of the molecule is CSCC(C)CNCc1ccc(C)cc1C. The zero-order valence-corrected chi connectivity index (χ0v) is 11.7. The van der Waals surface area contributed by atoms with Crippen LogP contribution in [0.3, 0.4) is 0 Å². The van der Waals surface area contributed by atoms with Crippen molar-refractivity contribution in [1.29, 1.82) is 0 Å². The van der Waals surface area contributed by atoms with Crippen LogP contribution < -0.4 is 5.32 Å². The third-order valence-electron chi connectivity index (χ3n) is 2.76. The summed E-state index contributed by atoms with van der Waals surface area (Å²) in [6, 6.07) is 6.68. The van der Waals surface area contributed by atoms with Crippen molar-refractivity contribution in [1.82, 2.24) is 5.32 Å². The van der Waals surface area contributed by atoms with Crippen molar-refractivity contribution in [3.8, 4) is 0 Å². The van der Waals surface area contributed by atoms with Crippen molar-refractivity contribution in [2.24, 2.45) is 5.92 Å². The summed E-state index contributed by atoms with van der Waals surface area (Å²) in [6.45, 7) is 8.73. The van der Waals surface area contributed by atoms with Crippen molar-refractivity contribution in [2.45, 2.75) is 27.3 Å². The normalized spacial score (nSPS) is 12.8. The Morgan fingerprint density at radius 1 is 1.31 bits per heavy atom. The Bertz CT molecular complexity index is 323. The Hall–Kier alpha value is -0.470. The third-order valence-corrected chi connectivity index (χ3v) is 3.66. The van der Waals surface area contributed by atoms with E-state index in [-0.39, 0.29) is 0 Å². The van der Waals surface area contributed by atoms with E-state index in [2.05, 4.69) is 50.5 Å². The first-order valence-corrected chi connectivity index (χ1v) is 7.28. The lowest BCUT2D eigenvalue weighted by atomic mass is 10.1. The summed E-state index contributed by atoms with van der Waals surface area (Å²) >= 11 is 1.92. The fourth-order valence-electron chi connectivity index (χ4n) is 1.84. The van der Waals surface area contributed by atoms with E-state index in [1.54, 1.807) is 0 Å². The van der Waals surface area contributed by atoms with Gasteiger partial charge in [-0.25, -0.2) is 0 Å². The van der Waals surface area contributed by atoms with Gasteiger partial charge in [0.15, 0.2) is 0 Å². The first kappa shape index (κ1) is 13.6. The maximum absolute atomic E-state index is 3.53. The molecule has 16 heavy (non-hydrogen) atoms. The molecule has 1 unspecified atom stereocenters. The summed E-state index contributed by atoms with van der Waals surface area (Å²) in [4.78, 5) is 0. The third kappa shape index (κ3) is 4.58. The van der Waals surface area contributed by atoms with Crippen LogP contribution in [0.2, 0.25) is 0 Å². The maximum Gasteiger partial charge on any atom is 0.0208 e. The highest BCUT2D eigenvalue weighted by molar-refractivity contribution is 7.98. The van der Waals surface area contributed by atoms with Gasteiger partial charge in [-0.15, -0.1) is 0 Å². The number of benzene rings is 1. The first-order valence-electron chi connectivity index (χ1n) is 5.89. The monoisotopic (exact) mass is 237 g/mol. The molecule has 0 aliphatic rings. The number of thioether (sulfide) groups is 1. The molecule has 1 N–H and O–H groups in total. The molecule has 1 aromatic rings. The first-order chi connectivity index (χ1) is 7.63.